The zero-order valence-electron chi connectivity index (χ0n) is 17.4. The molecule has 29 heavy (non-hydrogen) atoms. The van der Waals surface area contributed by atoms with E-state index in [-0.39, 0.29) is 12.6 Å². The van der Waals surface area contributed by atoms with Crippen LogP contribution in [-0.2, 0) is 11.2 Å². The highest BCUT2D eigenvalue weighted by atomic mass is 16.5. The molecule has 2 N–H and O–H groups in total. The second-order valence-corrected chi connectivity index (χ2v) is 7.96. The molecule has 0 heterocycles. The summed E-state index contributed by atoms with van der Waals surface area (Å²) < 4.78 is 17.4. The summed E-state index contributed by atoms with van der Waals surface area (Å²) in [6.45, 7) is 5.83. The molecule has 5 heteroatoms. The van der Waals surface area contributed by atoms with Crippen LogP contribution in [0.3, 0.4) is 0 Å². The van der Waals surface area contributed by atoms with Crippen LogP contribution in [0.15, 0.2) is 54.6 Å². The number of hydrogen-bond donors (Lipinski definition) is 2. The van der Waals surface area contributed by atoms with E-state index in [4.69, 9.17) is 14.2 Å². The minimum absolute atomic E-state index is 0.140. The smallest absolute Gasteiger partial charge is 0.179 e. The zero-order valence-corrected chi connectivity index (χ0v) is 17.4. The Morgan fingerprint density at radius 3 is 2.38 bits per heavy atom. The highest BCUT2D eigenvalue weighted by Gasteiger charge is 2.23. The first-order chi connectivity index (χ1) is 14.1. The molecule has 5 nitrogen and oxygen atoms in total. The summed E-state index contributed by atoms with van der Waals surface area (Å²) in [5.41, 5.74) is 1.22. The third kappa shape index (κ3) is 8.05. The Labute approximate surface area is 174 Å². The number of rotatable bonds is 13. The van der Waals surface area contributed by atoms with Gasteiger partial charge in [0.25, 0.3) is 0 Å². The average Bonchev–Trinajstić information content (AvgIpc) is 3.55. The molecule has 0 bridgehead atoms. The maximum atomic E-state index is 10.6. The van der Waals surface area contributed by atoms with Crippen molar-refractivity contribution in [1.29, 1.82) is 0 Å². The predicted octanol–water partition coefficient (Wildman–Crippen LogP) is 3.80. The molecular formula is C24H33NO4. The van der Waals surface area contributed by atoms with E-state index in [1.165, 1.54) is 18.4 Å². The minimum atomic E-state index is -0.812. The van der Waals surface area contributed by atoms with Crippen molar-refractivity contribution in [2.75, 3.05) is 19.8 Å². The van der Waals surface area contributed by atoms with Crippen molar-refractivity contribution >= 4 is 0 Å². The van der Waals surface area contributed by atoms with Crippen LogP contribution in [-0.4, -0.2) is 43.3 Å². The fraction of sp³-hybridized carbons (Fsp3) is 0.500. The molecule has 2 aromatic rings. The highest BCUT2D eigenvalue weighted by molar-refractivity contribution is 5.27. The third-order valence-corrected chi connectivity index (χ3v) is 4.78. The van der Waals surface area contributed by atoms with Crippen molar-refractivity contribution in [1.82, 2.24) is 5.32 Å². The Bertz CT molecular complexity index is 701. The van der Waals surface area contributed by atoms with Gasteiger partial charge >= 0.3 is 0 Å². The summed E-state index contributed by atoms with van der Waals surface area (Å²) in [5.74, 6) is 2.24. The van der Waals surface area contributed by atoms with Gasteiger partial charge in [-0.3, -0.25) is 5.32 Å². The minimum Gasteiger partial charge on any atom is -0.491 e. The van der Waals surface area contributed by atoms with Crippen LogP contribution in [0.5, 0.6) is 11.5 Å². The van der Waals surface area contributed by atoms with Crippen molar-refractivity contribution < 1.29 is 19.3 Å². The molecule has 1 aliphatic carbocycles. The first kappa shape index (κ1) is 21.6. The zero-order chi connectivity index (χ0) is 20.5. The van der Waals surface area contributed by atoms with Crippen molar-refractivity contribution in [2.24, 2.45) is 5.92 Å². The number of hydrogen-bond acceptors (Lipinski definition) is 5. The lowest BCUT2D eigenvalue weighted by molar-refractivity contribution is -0.0146. The average molecular weight is 400 g/mol. The quantitative estimate of drug-likeness (QED) is 0.396. The van der Waals surface area contributed by atoms with Crippen LogP contribution < -0.4 is 14.8 Å². The van der Waals surface area contributed by atoms with Crippen LogP contribution in [0, 0.1) is 5.92 Å². The standard InChI is InChI=1S/C24H33NO4/c1-18(2)25-24(29-22-6-4-3-5-7-22)23(26)17-28-21-12-10-19(11-13-21)14-15-27-16-20-8-9-20/h3-7,10-13,18,20,23-26H,8-9,14-17H2,1-2H3. The van der Waals surface area contributed by atoms with Crippen LogP contribution >= 0.6 is 0 Å². The van der Waals surface area contributed by atoms with E-state index in [1.807, 2.05) is 68.4 Å². The largest absolute Gasteiger partial charge is 0.491 e. The van der Waals surface area contributed by atoms with Crippen LogP contribution in [0.2, 0.25) is 0 Å². The van der Waals surface area contributed by atoms with Gasteiger partial charge in [-0.2, -0.15) is 0 Å². The monoisotopic (exact) mass is 399 g/mol. The van der Waals surface area contributed by atoms with E-state index in [1.54, 1.807) is 0 Å². The Kier molecular flexibility index (Phi) is 8.35. The highest BCUT2D eigenvalue weighted by Crippen LogP contribution is 2.28. The molecule has 158 valence electrons. The normalized spacial score (nSPS) is 15.9. The van der Waals surface area contributed by atoms with Crippen molar-refractivity contribution in [3.05, 3.63) is 60.2 Å². The number of nitrogens with one attached hydrogen (secondary N) is 1. The number of ether oxygens (including phenoxy) is 3. The van der Waals surface area contributed by atoms with Gasteiger partial charge in [-0.25, -0.2) is 0 Å². The first-order valence-electron chi connectivity index (χ1n) is 10.6. The van der Waals surface area contributed by atoms with Crippen LogP contribution in [0.4, 0.5) is 0 Å². The van der Waals surface area contributed by atoms with Gasteiger partial charge in [0.15, 0.2) is 6.23 Å². The molecule has 0 saturated heterocycles. The van der Waals surface area contributed by atoms with Crippen LogP contribution in [0.25, 0.3) is 0 Å². The van der Waals surface area contributed by atoms with E-state index in [9.17, 15) is 5.11 Å². The summed E-state index contributed by atoms with van der Waals surface area (Å²) in [6, 6.07) is 17.6. The topological polar surface area (TPSA) is 60.0 Å². The number of aliphatic hydroxyl groups excluding tert-OH is 1. The van der Waals surface area contributed by atoms with Gasteiger partial charge in [0.1, 0.15) is 24.2 Å². The fourth-order valence-corrected chi connectivity index (χ4v) is 2.94. The molecule has 0 aromatic heterocycles. The second kappa shape index (κ2) is 11.2. The molecule has 0 amide bonds. The summed E-state index contributed by atoms with van der Waals surface area (Å²) >= 11 is 0. The maximum absolute atomic E-state index is 10.6. The van der Waals surface area contributed by atoms with Gasteiger partial charge in [-0.05, 0) is 68.9 Å². The molecule has 2 aromatic carbocycles. The summed E-state index contributed by atoms with van der Waals surface area (Å²) in [7, 11) is 0. The lowest BCUT2D eigenvalue weighted by Gasteiger charge is -2.27. The first-order valence-corrected chi connectivity index (χ1v) is 10.6. The summed E-state index contributed by atoms with van der Waals surface area (Å²) in [4.78, 5) is 0. The maximum Gasteiger partial charge on any atom is 0.179 e. The Balaban J connectivity index is 1.44. The van der Waals surface area contributed by atoms with Crippen LogP contribution in [0.1, 0.15) is 32.3 Å². The van der Waals surface area contributed by atoms with E-state index in [0.29, 0.717) is 5.75 Å². The Hall–Kier alpha value is -2.08. The van der Waals surface area contributed by atoms with Gasteiger partial charge in [0, 0.05) is 12.6 Å². The number of aliphatic hydroxyl groups is 1. The molecule has 2 atom stereocenters. The molecule has 1 aliphatic rings. The molecule has 1 saturated carbocycles. The molecular weight excluding hydrogens is 366 g/mol. The third-order valence-electron chi connectivity index (χ3n) is 4.78. The number of para-hydroxylation sites is 1. The molecule has 2 unspecified atom stereocenters. The Morgan fingerprint density at radius 2 is 1.72 bits per heavy atom. The van der Waals surface area contributed by atoms with E-state index in [0.717, 1.165) is 31.3 Å². The SMILES string of the molecule is CC(C)NC(Oc1ccccc1)C(O)COc1ccc(CCOCC2CC2)cc1. The molecule has 0 aliphatic heterocycles. The summed E-state index contributed by atoms with van der Waals surface area (Å²) in [6.07, 6.45) is 2.18. The van der Waals surface area contributed by atoms with E-state index in [2.05, 4.69) is 5.32 Å². The lowest BCUT2D eigenvalue weighted by atomic mass is 10.1. The predicted molar refractivity (Wildman–Crippen MR) is 114 cm³/mol. The molecule has 1 fully saturated rings. The van der Waals surface area contributed by atoms with Gasteiger partial charge in [0.05, 0.1) is 6.61 Å². The molecule has 0 radical (unpaired) electrons. The van der Waals surface area contributed by atoms with Gasteiger partial charge in [0.2, 0.25) is 0 Å². The summed E-state index contributed by atoms with van der Waals surface area (Å²) in [5, 5.41) is 13.8. The van der Waals surface area contributed by atoms with Gasteiger partial charge < -0.3 is 19.3 Å². The van der Waals surface area contributed by atoms with E-state index < -0.39 is 12.3 Å². The second-order valence-electron chi connectivity index (χ2n) is 7.96. The fourth-order valence-electron chi connectivity index (χ4n) is 2.94. The molecule has 3 rings (SSSR count). The Morgan fingerprint density at radius 1 is 1.00 bits per heavy atom. The van der Waals surface area contributed by atoms with Gasteiger partial charge in [-0.15, -0.1) is 0 Å². The molecule has 0 spiro atoms. The van der Waals surface area contributed by atoms with Crippen molar-refractivity contribution in [3.63, 3.8) is 0 Å². The van der Waals surface area contributed by atoms with Crippen molar-refractivity contribution in [2.45, 2.75) is 51.5 Å². The van der Waals surface area contributed by atoms with Crippen molar-refractivity contribution in [3.8, 4) is 11.5 Å². The van der Waals surface area contributed by atoms with Gasteiger partial charge in [-0.1, -0.05) is 30.3 Å². The number of benzene rings is 2. The van der Waals surface area contributed by atoms with E-state index >= 15 is 0 Å². The lowest BCUT2D eigenvalue weighted by Crippen LogP contribution is -2.49.